The molecule has 0 fully saturated rings. The lowest BCUT2D eigenvalue weighted by atomic mass is 9.84. The van der Waals surface area contributed by atoms with E-state index in [-0.39, 0.29) is 42.0 Å². The SMILES string of the molecule is C=CCn1c([O-])c(C2c3cc([N+](=O)[O-])ccc3Oc3[nH]c(=O)n(CC=C)c(=O)c32)c(=O)[nH]c1=O.[NH4+]. The van der Waals surface area contributed by atoms with Crippen molar-refractivity contribution in [2.75, 3.05) is 0 Å². The number of quaternary nitrogens is 1. The van der Waals surface area contributed by atoms with Crippen LogP contribution in [0.2, 0.25) is 0 Å². The first kappa shape index (κ1) is 24.7. The number of nitro benzene ring substituents is 1. The molecule has 1 aliphatic rings. The Kier molecular flexibility index (Phi) is 6.42. The summed E-state index contributed by atoms with van der Waals surface area (Å²) in [6, 6.07) is 3.40. The first-order valence-corrected chi connectivity index (χ1v) is 9.78. The standard InChI is InChI=1S/C21H17N5O8.H3N/c1-3-7-24-18(28)14(16(27)22-20(24)30)13-11-9-10(26(32)33)5-6-12(11)34-17-15(13)19(29)25(8-4-2)21(31)23-17;/h3-6,9,13,28H,1-2,7-8H2,(H,23,31)(H,22,27,30);1H3. The lowest BCUT2D eigenvalue weighted by molar-refractivity contribution is -0.385. The minimum Gasteiger partial charge on any atom is -0.860 e. The Bertz CT molecular complexity index is 1610. The first-order valence-electron chi connectivity index (χ1n) is 9.78. The molecule has 6 N–H and O–H groups in total. The Balaban J connectivity index is 0.00000342. The van der Waals surface area contributed by atoms with Gasteiger partial charge < -0.3 is 20.6 Å². The molecular formula is C21H20N6O8. The van der Waals surface area contributed by atoms with Crippen molar-refractivity contribution >= 4 is 5.69 Å². The second-order valence-corrected chi connectivity index (χ2v) is 7.27. The second kappa shape index (κ2) is 9.11. The van der Waals surface area contributed by atoms with Gasteiger partial charge in [-0.25, -0.2) is 9.59 Å². The number of non-ortho nitro benzene ring substituents is 1. The molecule has 0 radical (unpaired) electrons. The maximum atomic E-state index is 13.3. The number of hydrogen-bond donors (Lipinski definition) is 3. The van der Waals surface area contributed by atoms with E-state index in [4.69, 9.17) is 4.74 Å². The third kappa shape index (κ3) is 3.87. The maximum absolute atomic E-state index is 13.3. The minimum atomic E-state index is -1.49. The van der Waals surface area contributed by atoms with Crippen LogP contribution in [0, 0.1) is 10.1 Å². The first-order chi connectivity index (χ1) is 16.2. The molecule has 35 heavy (non-hydrogen) atoms. The topological polar surface area (TPSA) is 222 Å². The van der Waals surface area contributed by atoms with Crippen LogP contribution in [-0.4, -0.2) is 24.0 Å². The smallest absolute Gasteiger partial charge is 0.331 e. The quantitative estimate of drug-likeness (QED) is 0.197. The molecule has 0 spiro atoms. The van der Waals surface area contributed by atoms with Crippen LogP contribution in [0.1, 0.15) is 22.6 Å². The Labute approximate surface area is 194 Å². The molecule has 2 aromatic heterocycles. The molecule has 14 nitrogen and oxygen atoms in total. The number of rotatable bonds is 6. The van der Waals surface area contributed by atoms with E-state index < -0.39 is 50.5 Å². The van der Waals surface area contributed by atoms with E-state index in [1.54, 1.807) is 0 Å². The summed E-state index contributed by atoms with van der Waals surface area (Å²) in [7, 11) is 0. The van der Waals surface area contributed by atoms with Crippen molar-refractivity contribution in [3.8, 4) is 17.5 Å². The van der Waals surface area contributed by atoms with Gasteiger partial charge in [0.2, 0.25) is 5.88 Å². The average Bonchev–Trinajstić information content (AvgIpc) is 2.78. The number of aromatic amines is 2. The van der Waals surface area contributed by atoms with Gasteiger partial charge >= 0.3 is 11.4 Å². The molecular weight excluding hydrogens is 464 g/mol. The molecule has 14 heteroatoms. The summed E-state index contributed by atoms with van der Waals surface area (Å²) < 4.78 is 7.09. The molecule has 3 aromatic rings. The van der Waals surface area contributed by atoms with E-state index in [0.29, 0.717) is 4.57 Å². The Morgan fingerprint density at radius 1 is 1.03 bits per heavy atom. The minimum absolute atomic E-state index is 0. The zero-order valence-corrected chi connectivity index (χ0v) is 18.4. The molecule has 1 unspecified atom stereocenters. The van der Waals surface area contributed by atoms with Gasteiger partial charge in [0.15, 0.2) is 0 Å². The van der Waals surface area contributed by atoms with E-state index >= 15 is 0 Å². The van der Waals surface area contributed by atoms with Gasteiger partial charge in [0.05, 0.1) is 16.4 Å². The van der Waals surface area contributed by atoms with Gasteiger partial charge in [-0.15, -0.1) is 13.2 Å². The largest absolute Gasteiger partial charge is 0.860 e. The van der Waals surface area contributed by atoms with Crippen molar-refractivity contribution < 1.29 is 14.8 Å². The fourth-order valence-corrected chi connectivity index (χ4v) is 3.85. The van der Waals surface area contributed by atoms with Crippen LogP contribution in [0.5, 0.6) is 17.5 Å². The highest BCUT2D eigenvalue weighted by Gasteiger charge is 2.37. The van der Waals surface area contributed by atoms with Crippen LogP contribution in [-0.2, 0) is 13.1 Å². The van der Waals surface area contributed by atoms with E-state index in [1.165, 1.54) is 18.2 Å². The maximum Gasteiger partial charge on any atom is 0.331 e. The molecule has 0 bridgehead atoms. The molecule has 4 rings (SSSR count). The molecule has 0 aliphatic carbocycles. The predicted molar refractivity (Wildman–Crippen MR) is 123 cm³/mol. The van der Waals surface area contributed by atoms with Gasteiger partial charge in [-0.1, -0.05) is 12.2 Å². The Morgan fingerprint density at radius 2 is 1.66 bits per heavy atom. The highest BCUT2D eigenvalue weighted by Crippen LogP contribution is 2.46. The molecule has 0 amide bonds. The summed E-state index contributed by atoms with van der Waals surface area (Å²) in [4.78, 5) is 65.9. The number of allylic oxidation sites excluding steroid dienone is 2. The summed E-state index contributed by atoms with van der Waals surface area (Å²) in [6.45, 7) is 6.52. The number of hydrogen-bond acceptors (Lipinski definition) is 8. The molecule has 0 saturated heterocycles. The normalized spacial score (nSPS) is 13.5. The van der Waals surface area contributed by atoms with Crippen molar-refractivity contribution in [2.24, 2.45) is 0 Å². The van der Waals surface area contributed by atoms with Crippen molar-refractivity contribution in [3.63, 3.8) is 0 Å². The number of fused-ring (bicyclic) bond motifs is 2. The van der Waals surface area contributed by atoms with Crippen molar-refractivity contribution in [1.29, 1.82) is 0 Å². The van der Waals surface area contributed by atoms with E-state index in [0.717, 1.165) is 16.7 Å². The van der Waals surface area contributed by atoms with Crippen LogP contribution in [0.25, 0.3) is 0 Å². The number of H-pyrrole nitrogens is 2. The summed E-state index contributed by atoms with van der Waals surface area (Å²) >= 11 is 0. The van der Waals surface area contributed by atoms with Gasteiger partial charge in [0.25, 0.3) is 16.8 Å². The molecule has 182 valence electrons. The molecule has 1 atom stereocenters. The van der Waals surface area contributed by atoms with Gasteiger partial charge in [-0.2, -0.15) is 0 Å². The summed E-state index contributed by atoms with van der Waals surface area (Å²) in [5, 5.41) is 24.6. The fourth-order valence-electron chi connectivity index (χ4n) is 3.85. The van der Waals surface area contributed by atoms with Crippen LogP contribution in [0.4, 0.5) is 5.69 Å². The lowest BCUT2D eigenvalue weighted by Gasteiger charge is -2.30. The van der Waals surface area contributed by atoms with Crippen molar-refractivity contribution in [1.82, 2.24) is 25.3 Å². The van der Waals surface area contributed by atoms with Gasteiger partial charge in [-0.05, 0) is 11.9 Å². The third-order valence-corrected chi connectivity index (χ3v) is 5.30. The van der Waals surface area contributed by atoms with E-state index in [9.17, 15) is 34.4 Å². The van der Waals surface area contributed by atoms with Crippen molar-refractivity contribution in [3.05, 3.63) is 112 Å². The summed E-state index contributed by atoms with van der Waals surface area (Å²) in [5.74, 6) is -2.88. The van der Waals surface area contributed by atoms with E-state index in [2.05, 4.69) is 18.1 Å². The molecule has 1 aliphatic heterocycles. The number of nitrogens with one attached hydrogen (secondary N) is 2. The average molecular weight is 484 g/mol. The van der Waals surface area contributed by atoms with E-state index in [1.807, 2.05) is 4.98 Å². The molecule has 3 heterocycles. The zero-order chi connectivity index (χ0) is 24.7. The Morgan fingerprint density at radius 3 is 2.29 bits per heavy atom. The Hall–Kier alpha value is -4.98. The van der Waals surface area contributed by atoms with Crippen LogP contribution in [0.3, 0.4) is 0 Å². The number of benzene rings is 1. The summed E-state index contributed by atoms with van der Waals surface area (Å²) in [6.07, 6.45) is 2.55. The van der Waals surface area contributed by atoms with Gasteiger partial charge in [-0.3, -0.25) is 34.2 Å². The highest BCUT2D eigenvalue weighted by molar-refractivity contribution is 5.59. The number of nitrogens with zero attached hydrogens (tertiary/aromatic N) is 3. The van der Waals surface area contributed by atoms with Crippen LogP contribution in [0.15, 0.2) is 62.7 Å². The number of nitro groups is 1. The highest BCUT2D eigenvalue weighted by atomic mass is 16.6. The summed E-state index contributed by atoms with van der Waals surface area (Å²) in [5.41, 5.74) is -5.11. The number of aromatic nitrogens is 4. The van der Waals surface area contributed by atoms with Gasteiger partial charge in [0.1, 0.15) is 5.75 Å². The number of ether oxygens (including phenoxy) is 1. The monoisotopic (exact) mass is 484 g/mol. The second-order valence-electron chi connectivity index (χ2n) is 7.27. The fraction of sp³-hybridized carbons (Fsp3) is 0.143. The van der Waals surface area contributed by atoms with Crippen LogP contribution < -0.4 is 38.5 Å². The zero-order valence-electron chi connectivity index (χ0n) is 18.4. The molecule has 0 saturated carbocycles. The lowest BCUT2D eigenvalue weighted by Crippen LogP contribution is -2.41. The predicted octanol–water partition coefficient (Wildman–Crippen LogP) is 0.403. The van der Waals surface area contributed by atoms with Crippen molar-refractivity contribution in [2.45, 2.75) is 19.0 Å². The van der Waals surface area contributed by atoms with Gasteiger partial charge in [0, 0.05) is 36.3 Å². The third-order valence-electron chi connectivity index (χ3n) is 5.30. The molecule has 1 aromatic carbocycles. The van der Waals surface area contributed by atoms with Crippen LogP contribution >= 0.6 is 0 Å².